The zero-order valence-electron chi connectivity index (χ0n) is 16.2. The van der Waals surface area contributed by atoms with E-state index in [0.717, 1.165) is 12.1 Å². The first-order chi connectivity index (χ1) is 14.3. The molecule has 0 aliphatic carbocycles. The third kappa shape index (κ3) is 4.43. The first kappa shape index (κ1) is 20.9. The highest BCUT2D eigenvalue weighted by molar-refractivity contribution is 5.98. The number of non-ortho nitro benzene ring substituents is 1. The fourth-order valence-electron chi connectivity index (χ4n) is 3.48. The number of anilines is 1. The molecular formula is C20H20N4O6. The number of hydrogen-bond donors (Lipinski definition) is 1. The Hall–Kier alpha value is -3.82. The van der Waals surface area contributed by atoms with E-state index < -0.39 is 27.1 Å². The van der Waals surface area contributed by atoms with Crippen molar-refractivity contribution in [3.05, 3.63) is 73.8 Å². The highest BCUT2D eigenvalue weighted by Gasteiger charge is 2.31. The van der Waals surface area contributed by atoms with E-state index in [0.29, 0.717) is 18.5 Å². The third-order valence-electron chi connectivity index (χ3n) is 5.20. The van der Waals surface area contributed by atoms with Gasteiger partial charge in [0.1, 0.15) is 0 Å². The molecule has 1 fully saturated rings. The highest BCUT2D eigenvalue weighted by Crippen LogP contribution is 2.30. The maximum Gasteiger partial charge on any atom is 0.279 e. The van der Waals surface area contributed by atoms with Crippen LogP contribution in [0.25, 0.3) is 0 Å². The van der Waals surface area contributed by atoms with Gasteiger partial charge in [0, 0.05) is 36.3 Å². The lowest BCUT2D eigenvalue weighted by molar-refractivity contribution is -0.394. The minimum absolute atomic E-state index is 0.0666. The molecule has 0 spiro atoms. The summed E-state index contributed by atoms with van der Waals surface area (Å²) in [6.07, 6.45) is 0.862. The van der Waals surface area contributed by atoms with Gasteiger partial charge < -0.3 is 10.2 Å². The standard InChI is InChI=1S/C20H20N4O6/c1-13-17(11-16(23(27)28)12-18(13)24(29)30)20(26)22-9-7-14(8-10-22)19(25)21-15-5-3-2-4-6-15/h2-6,11-12,14H,7-10H2,1H3,(H,21,25). The van der Waals surface area contributed by atoms with E-state index in [2.05, 4.69) is 5.32 Å². The van der Waals surface area contributed by atoms with E-state index >= 15 is 0 Å². The summed E-state index contributed by atoms with van der Waals surface area (Å²) in [7, 11) is 0. The summed E-state index contributed by atoms with van der Waals surface area (Å²) in [4.78, 5) is 47.7. The number of nitro groups is 2. The number of piperidine rings is 1. The SMILES string of the molecule is Cc1c(C(=O)N2CCC(C(=O)Nc3ccccc3)CC2)cc([N+](=O)[O-])cc1[N+](=O)[O-]. The number of benzene rings is 2. The second kappa shape index (κ2) is 8.68. The molecule has 156 valence electrons. The topological polar surface area (TPSA) is 136 Å². The maximum atomic E-state index is 12.9. The fourth-order valence-corrected chi connectivity index (χ4v) is 3.48. The predicted octanol–water partition coefficient (Wildman–Crippen LogP) is 3.30. The molecule has 30 heavy (non-hydrogen) atoms. The van der Waals surface area contributed by atoms with Crippen molar-refractivity contribution >= 4 is 28.9 Å². The van der Waals surface area contributed by atoms with E-state index in [-0.39, 0.29) is 36.0 Å². The van der Waals surface area contributed by atoms with Crippen LogP contribution in [0.2, 0.25) is 0 Å². The largest absolute Gasteiger partial charge is 0.339 e. The van der Waals surface area contributed by atoms with Crippen LogP contribution in [0.4, 0.5) is 17.1 Å². The molecule has 0 bridgehead atoms. The first-order valence-corrected chi connectivity index (χ1v) is 9.36. The van der Waals surface area contributed by atoms with Crippen molar-refractivity contribution in [2.75, 3.05) is 18.4 Å². The average molecular weight is 412 g/mol. The Kier molecular flexibility index (Phi) is 6.05. The van der Waals surface area contributed by atoms with Gasteiger partial charge in [0.2, 0.25) is 5.91 Å². The van der Waals surface area contributed by atoms with Gasteiger partial charge in [0.15, 0.2) is 0 Å². The number of carbonyl (C=O) groups is 2. The molecule has 0 radical (unpaired) electrons. The Morgan fingerprint density at radius 3 is 2.23 bits per heavy atom. The second-order valence-electron chi connectivity index (χ2n) is 7.07. The van der Waals surface area contributed by atoms with Gasteiger partial charge in [-0.05, 0) is 31.9 Å². The molecule has 3 rings (SSSR count). The molecule has 1 saturated heterocycles. The molecule has 0 saturated carbocycles. The zero-order chi connectivity index (χ0) is 21.8. The molecule has 0 unspecified atom stereocenters. The van der Waals surface area contributed by atoms with Crippen LogP contribution in [0, 0.1) is 33.1 Å². The fraction of sp³-hybridized carbons (Fsp3) is 0.300. The Morgan fingerprint density at radius 1 is 1.03 bits per heavy atom. The second-order valence-corrected chi connectivity index (χ2v) is 7.07. The normalized spacial score (nSPS) is 14.2. The zero-order valence-corrected chi connectivity index (χ0v) is 16.2. The summed E-state index contributed by atoms with van der Waals surface area (Å²) in [5.74, 6) is -0.911. The molecule has 2 aromatic rings. The van der Waals surface area contributed by atoms with Crippen molar-refractivity contribution in [3.8, 4) is 0 Å². The summed E-state index contributed by atoms with van der Waals surface area (Å²) in [6.45, 7) is 1.96. The lowest BCUT2D eigenvalue weighted by Gasteiger charge is -2.31. The molecule has 0 atom stereocenters. The van der Waals surface area contributed by atoms with E-state index in [9.17, 15) is 29.8 Å². The Bertz CT molecular complexity index is 1000. The minimum atomic E-state index is -0.761. The van der Waals surface area contributed by atoms with E-state index in [4.69, 9.17) is 0 Å². The Balaban J connectivity index is 1.71. The number of likely N-dealkylation sites (tertiary alicyclic amines) is 1. The van der Waals surface area contributed by atoms with Crippen LogP contribution in [0.15, 0.2) is 42.5 Å². The lowest BCUT2D eigenvalue weighted by atomic mass is 9.94. The summed E-state index contributed by atoms with van der Waals surface area (Å²) >= 11 is 0. The number of amides is 2. The third-order valence-corrected chi connectivity index (χ3v) is 5.20. The van der Waals surface area contributed by atoms with Crippen molar-refractivity contribution in [2.45, 2.75) is 19.8 Å². The first-order valence-electron chi connectivity index (χ1n) is 9.36. The molecule has 2 aromatic carbocycles. The molecule has 2 amide bonds. The monoisotopic (exact) mass is 412 g/mol. The van der Waals surface area contributed by atoms with Gasteiger partial charge in [-0.3, -0.25) is 29.8 Å². The quantitative estimate of drug-likeness (QED) is 0.591. The van der Waals surface area contributed by atoms with Crippen LogP contribution in [-0.2, 0) is 4.79 Å². The van der Waals surface area contributed by atoms with Crippen LogP contribution in [-0.4, -0.2) is 39.7 Å². The number of rotatable bonds is 5. The molecule has 1 aliphatic rings. The smallest absolute Gasteiger partial charge is 0.279 e. The van der Waals surface area contributed by atoms with Crippen LogP contribution in [0.3, 0.4) is 0 Å². The summed E-state index contributed by atoms with van der Waals surface area (Å²) in [5, 5.41) is 25.2. The number of nitrogens with one attached hydrogen (secondary N) is 1. The van der Waals surface area contributed by atoms with Gasteiger partial charge in [-0.1, -0.05) is 18.2 Å². The van der Waals surface area contributed by atoms with Gasteiger partial charge in [0.05, 0.1) is 21.5 Å². The van der Waals surface area contributed by atoms with Crippen molar-refractivity contribution in [3.63, 3.8) is 0 Å². The van der Waals surface area contributed by atoms with Crippen LogP contribution < -0.4 is 5.32 Å². The number of carbonyl (C=O) groups excluding carboxylic acids is 2. The number of para-hydroxylation sites is 1. The van der Waals surface area contributed by atoms with Crippen LogP contribution in [0.1, 0.15) is 28.8 Å². The molecule has 0 aromatic heterocycles. The summed E-state index contributed by atoms with van der Waals surface area (Å²) in [6, 6.07) is 11.0. The molecule has 1 N–H and O–H groups in total. The average Bonchev–Trinajstić information content (AvgIpc) is 2.73. The predicted molar refractivity (Wildman–Crippen MR) is 108 cm³/mol. The van der Waals surface area contributed by atoms with Gasteiger partial charge in [-0.25, -0.2) is 0 Å². The Morgan fingerprint density at radius 2 is 1.67 bits per heavy atom. The van der Waals surface area contributed by atoms with Gasteiger partial charge in [-0.15, -0.1) is 0 Å². The Labute approximate surface area is 171 Å². The molecule has 1 heterocycles. The van der Waals surface area contributed by atoms with Crippen molar-refractivity contribution < 1.29 is 19.4 Å². The van der Waals surface area contributed by atoms with Crippen molar-refractivity contribution in [1.29, 1.82) is 0 Å². The lowest BCUT2D eigenvalue weighted by Crippen LogP contribution is -2.41. The van der Waals surface area contributed by atoms with E-state index in [1.54, 1.807) is 12.1 Å². The minimum Gasteiger partial charge on any atom is -0.339 e. The molecule has 1 aliphatic heterocycles. The molecule has 10 nitrogen and oxygen atoms in total. The summed E-state index contributed by atoms with van der Waals surface area (Å²) < 4.78 is 0. The van der Waals surface area contributed by atoms with Crippen molar-refractivity contribution in [1.82, 2.24) is 4.90 Å². The van der Waals surface area contributed by atoms with Crippen LogP contribution in [0.5, 0.6) is 0 Å². The van der Waals surface area contributed by atoms with E-state index in [1.807, 2.05) is 18.2 Å². The van der Waals surface area contributed by atoms with E-state index in [1.165, 1.54) is 11.8 Å². The number of nitrogens with zero attached hydrogens (tertiary/aromatic N) is 3. The van der Waals surface area contributed by atoms with Crippen LogP contribution >= 0.6 is 0 Å². The van der Waals surface area contributed by atoms with Gasteiger partial charge in [0.25, 0.3) is 17.3 Å². The molecule has 10 heteroatoms. The maximum absolute atomic E-state index is 12.9. The highest BCUT2D eigenvalue weighted by atomic mass is 16.6. The number of nitro benzene ring substituents is 2. The van der Waals surface area contributed by atoms with Gasteiger partial charge in [-0.2, -0.15) is 0 Å². The van der Waals surface area contributed by atoms with Gasteiger partial charge >= 0.3 is 0 Å². The molecular weight excluding hydrogens is 392 g/mol. The van der Waals surface area contributed by atoms with Crippen molar-refractivity contribution in [2.24, 2.45) is 5.92 Å². The number of hydrogen-bond acceptors (Lipinski definition) is 6. The summed E-state index contributed by atoms with van der Waals surface area (Å²) in [5.41, 5.74) is -0.263.